The van der Waals surface area contributed by atoms with Gasteiger partial charge in [0.15, 0.2) is 11.6 Å². The first-order valence-electron chi connectivity index (χ1n) is 27.6. The molecule has 4 aromatic heterocycles. The van der Waals surface area contributed by atoms with E-state index in [4.69, 9.17) is 20.2 Å². The Morgan fingerprint density at radius 3 is 1.79 bits per heavy atom. The molecule has 8 nitrogen and oxygen atoms in total. The van der Waals surface area contributed by atoms with Gasteiger partial charge in [-0.1, -0.05) is 151 Å². The zero-order chi connectivity index (χ0) is 59.7. The summed E-state index contributed by atoms with van der Waals surface area (Å²) in [6, 6.07) is 72.7. The third-order valence-corrected chi connectivity index (χ3v) is 12.5. The quantitative estimate of drug-likeness (QED) is 0.0875. The largest absolute Gasteiger partial charge is 0.512 e. The number of carbonyl (C=O) groups excluding carboxylic acids is 2. The number of pyridine rings is 4. The average molecular weight is 1860 g/mol. The van der Waals surface area contributed by atoms with Crippen LogP contribution in [0.15, 0.2) is 218 Å². The molecule has 4 heterocycles. The fourth-order valence-electron chi connectivity index (χ4n) is 8.71. The number of ketones is 2. The van der Waals surface area contributed by atoms with Crippen molar-refractivity contribution < 1.29 is 100 Å². The number of nitrogens with zero attached hydrogens (tertiary/aromatic N) is 4. The van der Waals surface area contributed by atoms with Gasteiger partial charge in [-0.25, -0.2) is 0 Å². The van der Waals surface area contributed by atoms with Gasteiger partial charge in [0.05, 0.1) is 17.0 Å². The monoisotopic (exact) mass is 1860 g/mol. The third-order valence-electron chi connectivity index (χ3n) is 12.5. The van der Waals surface area contributed by atoms with Crippen LogP contribution in [0.3, 0.4) is 0 Å². The molecule has 12 heteroatoms. The van der Waals surface area contributed by atoms with Gasteiger partial charge in [-0.05, 0) is 103 Å². The van der Waals surface area contributed by atoms with Crippen LogP contribution in [-0.4, -0.2) is 41.7 Å². The Balaban J connectivity index is 0.000000367. The first-order valence-corrected chi connectivity index (χ1v) is 27.6. The van der Waals surface area contributed by atoms with Crippen LogP contribution < -0.4 is 0 Å². The maximum absolute atomic E-state index is 10.0. The number of fused-ring (bicyclic) bond motifs is 2. The van der Waals surface area contributed by atoms with Gasteiger partial charge in [0.1, 0.15) is 0 Å². The second kappa shape index (κ2) is 39.7. The Labute approximate surface area is 569 Å². The minimum Gasteiger partial charge on any atom is -0.512 e. The van der Waals surface area contributed by atoms with Crippen LogP contribution in [0, 0.1) is 52.0 Å². The van der Waals surface area contributed by atoms with Gasteiger partial charge in [-0.3, -0.25) is 14.6 Å². The number of carbonyl (C=O) groups is 2. The molecule has 0 unspecified atom stereocenters. The molecule has 4 radical (unpaired) electrons. The van der Waals surface area contributed by atoms with Gasteiger partial charge in [0, 0.05) is 111 Å². The van der Waals surface area contributed by atoms with Gasteiger partial charge in [-0.15, -0.1) is 141 Å². The number of aliphatic hydroxyl groups excluding tert-OH is 2. The van der Waals surface area contributed by atoms with E-state index >= 15 is 0 Å². The van der Waals surface area contributed by atoms with Crippen molar-refractivity contribution in [2.45, 2.75) is 88.0 Å². The molecule has 6 aromatic carbocycles. The van der Waals surface area contributed by atoms with E-state index in [0.29, 0.717) is 5.92 Å². The number of aromatic nitrogens is 4. The molecule has 0 spiro atoms. The molecule has 2 N–H and O–H groups in total. The minimum atomic E-state index is -0.125. The molecule has 0 aliphatic heterocycles. The summed E-state index contributed by atoms with van der Waals surface area (Å²) in [4.78, 5) is 38.3. The van der Waals surface area contributed by atoms with Gasteiger partial charge >= 0.3 is 0 Å². The van der Waals surface area contributed by atoms with Crippen molar-refractivity contribution in [3.05, 3.63) is 281 Å². The van der Waals surface area contributed by atoms with Gasteiger partial charge in [0.25, 0.3) is 0 Å². The number of para-hydroxylation sites is 1. The van der Waals surface area contributed by atoms with Crippen molar-refractivity contribution in [3.63, 3.8) is 0 Å². The van der Waals surface area contributed by atoms with Crippen LogP contribution in [0.2, 0.25) is 0 Å². The molecule has 0 bridgehead atoms. The second-order valence-corrected chi connectivity index (χ2v) is 20.3. The SMILES string of the molecule is CC(=O)C=C(C)O.CC(=O)C=C(C)O.CC(C)c1ccc(-c2[c-]ccc(-c3ccccc3)c2)nc1.Cc1[c-]c(-c2ccc3c(n2)CCC=C3)cc(C)c1.Cc1c[c-]c(-c2ccc3ccccc3n2)c(C)c1.[Ir].[Ir].[Ir].[Ir].[c-]1ccccc1-c1ccccn1. The minimum absolute atomic E-state index is 0. The Kier molecular flexibility index (Phi) is 34.7. The Morgan fingerprint density at radius 2 is 1.20 bits per heavy atom. The molecular weight excluding hydrogens is 1790 g/mol. The molecule has 0 saturated heterocycles. The van der Waals surface area contributed by atoms with E-state index in [9.17, 15) is 9.59 Å². The van der Waals surface area contributed by atoms with E-state index in [-0.39, 0.29) is 104 Å². The summed E-state index contributed by atoms with van der Waals surface area (Å²) in [5, 5.41) is 17.9. The van der Waals surface area contributed by atoms with Crippen molar-refractivity contribution in [2.75, 3.05) is 0 Å². The first kappa shape index (κ1) is 76.0. The average Bonchev–Trinajstić information content (AvgIpc) is 2.00. The topological polar surface area (TPSA) is 126 Å². The number of hydrogen-bond donors (Lipinski definition) is 2. The smallest absolute Gasteiger partial charge is 0.155 e. The van der Waals surface area contributed by atoms with Gasteiger partial charge in [-0.2, -0.15) is 0 Å². The molecule has 0 amide bonds. The first-order chi connectivity index (χ1) is 39.9. The number of rotatable bonds is 8. The predicted octanol–water partition coefficient (Wildman–Crippen LogP) is 18.4. The fraction of sp³-hybridized carbons (Fsp3) is 0.173. The Hall–Kier alpha value is -7.06. The molecule has 456 valence electrons. The van der Waals surface area contributed by atoms with Crippen LogP contribution >= 0.6 is 0 Å². The summed E-state index contributed by atoms with van der Waals surface area (Å²) in [5.74, 6) is 0.381. The molecule has 0 atom stereocenters. The zero-order valence-electron chi connectivity index (χ0n) is 50.5. The molecule has 87 heavy (non-hydrogen) atoms. The zero-order valence-corrected chi connectivity index (χ0v) is 60.1. The molecule has 1 aliphatic carbocycles. The van der Waals surface area contributed by atoms with Crippen molar-refractivity contribution in [3.8, 4) is 56.2 Å². The van der Waals surface area contributed by atoms with Crippen LogP contribution in [0.25, 0.3) is 73.1 Å². The molecule has 10 aromatic rings. The predicted molar refractivity (Wildman–Crippen MR) is 342 cm³/mol. The van der Waals surface area contributed by atoms with Crippen molar-refractivity contribution in [1.29, 1.82) is 0 Å². The van der Waals surface area contributed by atoms with Crippen molar-refractivity contribution in [2.24, 2.45) is 0 Å². The molecule has 11 rings (SSSR count). The van der Waals surface area contributed by atoms with E-state index < -0.39 is 0 Å². The Morgan fingerprint density at radius 1 is 0.552 bits per heavy atom. The number of aryl methyl sites for hydroxylation is 5. The number of benzene rings is 6. The van der Waals surface area contributed by atoms with Crippen LogP contribution in [-0.2, 0) is 96.4 Å². The van der Waals surface area contributed by atoms with E-state index in [0.717, 1.165) is 63.4 Å². The standard InChI is InChI=1S/C20H18N.C17H14N.C17H16N.C11H8N.2C5H8O2.4Ir/c1-15(2)19-11-12-20(21-14-19)18-10-6-9-17(13-18)16-7-4-3-5-8-16;1-12-7-9-15(13(2)11-12)17-10-8-14-5-3-4-6-16(14)18-17;1-12-9-13(2)11-15(10-12)17-8-7-14-5-3-4-6-16(14)18-17;1-2-6-10(7-3-1)11-8-4-5-9-12-11;2*1-4(6)3-5(2)7;;;;/h3-9,11-15H,1-2H3;3-8,10-11H,1-2H3;3,5,7-10H,4,6H2,1-2H3;1-6,8-9H;2*3,6H,1-2H3;;;;/q4*-1;;;;;;. The summed E-state index contributed by atoms with van der Waals surface area (Å²) in [6.45, 7) is 18.4. The molecule has 1 aliphatic rings. The molecule has 0 fully saturated rings. The second-order valence-electron chi connectivity index (χ2n) is 20.3. The fourth-order valence-corrected chi connectivity index (χ4v) is 8.71. The van der Waals surface area contributed by atoms with E-state index in [1.54, 1.807) is 6.20 Å². The number of allylic oxidation sites excluding steroid dienone is 5. The molecular formula is C75H72Ir4N4O4-4. The van der Waals surface area contributed by atoms with Gasteiger partial charge in [0.2, 0.25) is 0 Å². The van der Waals surface area contributed by atoms with E-state index in [1.807, 2.05) is 85.1 Å². The summed E-state index contributed by atoms with van der Waals surface area (Å²) >= 11 is 0. The van der Waals surface area contributed by atoms with E-state index in [2.05, 4.69) is 185 Å². The van der Waals surface area contributed by atoms with E-state index in [1.165, 1.54) is 95.4 Å². The van der Waals surface area contributed by atoms with Crippen LogP contribution in [0.1, 0.15) is 93.0 Å². The maximum Gasteiger partial charge on any atom is 0.155 e. The van der Waals surface area contributed by atoms with Crippen LogP contribution in [0.4, 0.5) is 0 Å². The number of hydrogen-bond acceptors (Lipinski definition) is 8. The van der Waals surface area contributed by atoms with Gasteiger partial charge < -0.3 is 25.2 Å². The van der Waals surface area contributed by atoms with Crippen molar-refractivity contribution in [1.82, 2.24) is 19.9 Å². The van der Waals surface area contributed by atoms with Crippen LogP contribution in [0.5, 0.6) is 0 Å². The molecule has 0 saturated carbocycles. The summed E-state index contributed by atoms with van der Waals surface area (Å²) in [6.07, 6.45) is 12.6. The maximum atomic E-state index is 10.0. The Bertz CT molecular complexity index is 3720. The third kappa shape index (κ3) is 26.0. The summed E-state index contributed by atoms with van der Waals surface area (Å²) in [7, 11) is 0. The normalized spacial score (nSPS) is 10.8. The van der Waals surface area contributed by atoms with Crippen molar-refractivity contribution >= 4 is 28.5 Å². The summed E-state index contributed by atoms with van der Waals surface area (Å²) < 4.78 is 0. The summed E-state index contributed by atoms with van der Waals surface area (Å²) in [5.41, 5.74) is 20.3. The number of aliphatic hydroxyl groups is 2.